The zero-order chi connectivity index (χ0) is 11.8. The van der Waals surface area contributed by atoms with Crippen molar-refractivity contribution >= 4 is 0 Å². The molecule has 0 radical (unpaired) electrons. The van der Waals surface area contributed by atoms with E-state index in [0.29, 0.717) is 12.6 Å². The van der Waals surface area contributed by atoms with Crippen LogP contribution in [0.2, 0.25) is 0 Å². The summed E-state index contributed by atoms with van der Waals surface area (Å²) < 4.78 is 5.52. The van der Waals surface area contributed by atoms with Crippen molar-refractivity contribution in [3.63, 3.8) is 0 Å². The van der Waals surface area contributed by atoms with Gasteiger partial charge in [-0.25, -0.2) is 0 Å². The average molecular weight is 223 g/mol. The fourth-order valence-corrected chi connectivity index (χ4v) is 1.35. The normalized spacial score (nSPS) is 11.0. The molecule has 2 N–H and O–H groups in total. The van der Waals surface area contributed by atoms with Gasteiger partial charge >= 0.3 is 0 Å². The van der Waals surface area contributed by atoms with Gasteiger partial charge in [0.1, 0.15) is 0 Å². The van der Waals surface area contributed by atoms with Crippen LogP contribution < -0.4 is 5.32 Å². The zero-order valence-electron chi connectivity index (χ0n) is 10.1. The Balaban J connectivity index is 2.16. The maximum absolute atomic E-state index is 8.89. The lowest BCUT2D eigenvalue weighted by atomic mass is 10.1. The van der Waals surface area contributed by atoms with Crippen molar-refractivity contribution in [2.45, 2.75) is 33.1 Å². The lowest BCUT2D eigenvalue weighted by Gasteiger charge is -2.08. The average Bonchev–Trinajstić information content (AvgIpc) is 2.29. The maximum Gasteiger partial charge on any atom is 0.0717 e. The molecule has 0 spiro atoms. The predicted molar refractivity (Wildman–Crippen MR) is 65.2 cm³/mol. The fraction of sp³-hybridized carbons (Fsp3) is 0.538. The lowest BCUT2D eigenvalue weighted by Crippen LogP contribution is -2.26. The molecule has 90 valence electrons. The van der Waals surface area contributed by atoms with Gasteiger partial charge in [0.05, 0.1) is 19.8 Å². The van der Waals surface area contributed by atoms with Crippen molar-refractivity contribution in [1.82, 2.24) is 5.32 Å². The molecule has 1 rings (SSSR count). The Kier molecular flexibility index (Phi) is 6.08. The van der Waals surface area contributed by atoms with Gasteiger partial charge in [-0.1, -0.05) is 38.1 Å². The third-order valence-corrected chi connectivity index (χ3v) is 2.27. The van der Waals surface area contributed by atoms with E-state index in [1.807, 2.05) is 24.3 Å². The summed E-state index contributed by atoms with van der Waals surface area (Å²) >= 11 is 0. The van der Waals surface area contributed by atoms with Crippen LogP contribution in [0.1, 0.15) is 25.0 Å². The molecule has 1 aromatic carbocycles. The molecule has 3 heteroatoms. The first-order valence-corrected chi connectivity index (χ1v) is 5.72. The Labute approximate surface area is 97.4 Å². The molecule has 0 atom stereocenters. The predicted octanol–water partition coefficient (Wildman–Crippen LogP) is 1.69. The van der Waals surface area contributed by atoms with Crippen molar-refractivity contribution in [2.24, 2.45) is 0 Å². The van der Waals surface area contributed by atoms with E-state index >= 15 is 0 Å². The van der Waals surface area contributed by atoms with E-state index in [9.17, 15) is 0 Å². The molecule has 3 nitrogen and oxygen atoms in total. The van der Waals surface area contributed by atoms with Gasteiger partial charge in [0, 0.05) is 12.6 Å². The Bertz CT molecular complexity index is 282. The number of rotatable bonds is 7. The van der Waals surface area contributed by atoms with Crippen molar-refractivity contribution in [2.75, 3.05) is 13.2 Å². The standard InChI is InChI=1S/C13H21NO2/c1-11(2)14-7-8-16-10-13-5-3-12(9-15)4-6-13/h3-6,11,14-15H,7-10H2,1-2H3. The second kappa shape index (κ2) is 7.39. The van der Waals surface area contributed by atoms with Crippen molar-refractivity contribution < 1.29 is 9.84 Å². The molecule has 0 aliphatic carbocycles. The van der Waals surface area contributed by atoms with Crippen LogP contribution in [0.25, 0.3) is 0 Å². The van der Waals surface area contributed by atoms with Crippen LogP contribution in [0, 0.1) is 0 Å². The highest BCUT2D eigenvalue weighted by molar-refractivity contribution is 5.21. The van der Waals surface area contributed by atoms with Crippen molar-refractivity contribution in [3.05, 3.63) is 35.4 Å². The third-order valence-electron chi connectivity index (χ3n) is 2.27. The minimum Gasteiger partial charge on any atom is -0.392 e. The minimum atomic E-state index is 0.0967. The largest absolute Gasteiger partial charge is 0.392 e. The van der Waals surface area contributed by atoms with Crippen LogP contribution in [0.5, 0.6) is 0 Å². The molecule has 0 amide bonds. The number of nitrogens with one attached hydrogen (secondary N) is 1. The number of ether oxygens (including phenoxy) is 1. The highest BCUT2D eigenvalue weighted by atomic mass is 16.5. The highest BCUT2D eigenvalue weighted by Gasteiger charge is 1.95. The van der Waals surface area contributed by atoms with Crippen LogP contribution in [-0.4, -0.2) is 24.3 Å². The molecule has 16 heavy (non-hydrogen) atoms. The fourth-order valence-electron chi connectivity index (χ4n) is 1.35. The Morgan fingerprint density at radius 1 is 1.19 bits per heavy atom. The SMILES string of the molecule is CC(C)NCCOCc1ccc(CO)cc1. The van der Waals surface area contributed by atoms with Gasteiger partial charge in [-0.3, -0.25) is 0 Å². The topological polar surface area (TPSA) is 41.5 Å². The maximum atomic E-state index is 8.89. The number of hydrogen-bond acceptors (Lipinski definition) is 3. The van der Waals surface area contributed by atoms with Crippen molar-refractivity contribution in [3.8, 4) is 0 Å². The molecule has 0 aliphatic rings. The van der Waals surface area contributed by atoms with Crippen LogP contribution in [-0.2, 0) is 18.0 Å². The second-order valence-electron chi connectivity index (χ2n) is 4.14. The van der Waals surface area contributed by atoms with Crippen LogP contribution >= 0.6 is 0 Å². The Morgan fingerprint density at radius 2 is 1.81 bits per heavy atom. The first-order chi connectivity index (χ1) is 7.72. The first kappa shape index (κ1) is 13.2. The van der Waals surface area contributed by atoms with Crippen LogP contribution in [0.3, 0.4) is 0 Å². The number of benzene rings is 1. The number of aliphatic hydroxyl groups is 1. The smallest absolute Gasteiger partial charge is 0.0717 e. The third kappa shape index (κ3) is 5.26. The van der Waals surface area contributed by atoms with Gasteiger partial charge in [0.25, 0.3) is 0 Å². The summed E-state index contributed by atoms with van der Waals surface area (Å²) in [6, 6.07) is 8.33. The summed E-state index contributed by atoms with van der Waals surface area (Å²) in [4.78, 5) is 0. The Hall–Kier alpha value is -0.900. The zero-order valence-corrected chi connectivity index (χ0v) is 10.1. The quantitative estimate of drug-likeness (QED) is 0.691. The first-order valence-electron chi connectivity index (χ1n) is 5.72. The molecule has 0 saturated heterocycles. The van der Waals surface area contributed by atoms with E-state index in [1.54, 1.807) is 0 Å². The molecule has 0 bridgehead atoms. The molecule has 0 fully saturated rings. The van der Waals surface area contributed by atoms with Crippen LogP contribution in [0.15, 0.2) is 24.3 Å². The summed E-state index contributed by atoms with van der Waals surface area (Å²) in [6.07, 6.45) is 0. The van der Waals surface area contributed by atoms with E-state index < -0.39 is 0 Å². The monoisotopic (exact) mass is 223 g/mol. The van der Waals surface area contributed by atoms with Crippen molar-refractivity contribution in [1.29, 1.82) is 0 Å². The van der Waals surface area contributed by atoms with Gasteiger partial charge in [-0.05, 0) is 11.1 Å². The van der Waals surface area contributed by atoms with Crippen LogP contribution in [0.4, 0.5) is 0 Å². The summed E-state index contributed by atoms with van der Waals surface area (Å²) in [6.45, 7) is 6.57. The molecular formula is C13H21NO2. The number of hydrogen-bond donors (Lipinski definition) is 2. The van der Waals surface area contributed by atoms with Gasteiger partial charge in [0.2, 0.25) is 0 Å². The van der Waals surface area contributed by atoms with E-state index in [4.69, 9.17) is 9.84 Å². The molecule has 0 aromatic heterocycles. The molecule has 0 saturated carbocycles. The van der Waals surface area contributed by atoms with Gasteiger partial charge in [-0.2, -0.15) is 0 Å². The van der Waals surface area contributed by atoms with Gasteiger partial charge in [0.15, 0.2) is 0 Å². The summed E-state index contributed by atoms with van der Waals surface area (Å²) in [7, 11) is 0. The molecule has 1 aromatic rings. The summed E-state index contributed by atoms with van der Waals surface area (Å²) in [5.74, 6) is 0. The number of aliphatic hydroxyl groups excluding tert-OH is 1. The van der Waals surface area contributed by atoms with Gasteiger partial charge < -0.3 is 15.2 Å². The highest BCUT2D eigenvalue weighted by Crippen LogP contribution is 2.05. The van der Waals surface area contributed by atoms with E-state index in [1.165, 1.54) is 0 Å². The van der Waals surface area contributed by atoms with E-state index in [0.717, 1.165) is 24.3 Å². The molecular weight excluding hydrogens is 202 g/mol. The van der Waals surface area contributed by atoms with Gasteiger partial charge in [-0.15, -0.1) is 0 Å². The summed E-state index contributed by atoms with van der Waals surface area (Å²) in [5, 5.41) is 12.2. The van der Waals surface area contributed by atoms with E-state index in [-0.39, 0.29) is 6.61 Å². The second-order valence-corrected chi connectivity index (χ2v) is 4.14. The molecule has 0 unspecified atom stereocenters. The minimum absolute atomic E-state index is 0.0967. The Morgan fingerprint density at radius 3 is 2.38 bits per heavy atom. The van der Waals surface area contributed by atoms with E-state index in [2.05, 4.69) is 19.2 Å². The molecule has 0 aliphatic heterocycles. The summed E-state index contributed by atoms with van der Waals surface area (Å²) in [5.41, 5.74) is 2.08. The molecule has 0 heterocycles. The lowest BCUT2D eigenvalue weighted by molar-refractivity contribution is 0.121.